The zero-order chi connectivity index (χ0) is 25.6. The Morgan fingerprint density at radius 1 is 1.19 bits per heavy atom. The highest BCUT2D eigenvalue weighted by atomic mass is 19.3. The van der Waals surface area contributed by atoms with Crippen LogP contribution in [0.3, 0.4) is 0 Å². The first kappa shape index (κ1) is 25.0. The van der Waals surface area contributed by atoms with Crippen LogP contribution in [0.5, 0.6) is 5.75 Å². The average Bonchev–Trinajstić information content (AvgIpc) is 3.14. The first-order valence-corrected chi connectivity index (χ1v) is 12.0. The summed E-state index contributed by atoms with van der Waals surface area (Å²) < 4.78 is 83.4. The summed E-state index contributed by atoms with van der Waals surface area (Å²) in [6.07, 6.45) is 1.92. The van der Waals surface area contributed by atoms with Crippen molar-refractivity contribution >= 4 is 11.1 Å². The maximum Gasteiger partial charge on any atom is 0.257 e. The van der Waals surface area contributed by atoms with Crippen LogP contribution in [0.4, 0.5) is 22.0 Å². The number of alkyl halides is 3. The smallest absolute Gasteiger partial charge is 0.257 e. The van der Waals surface area contributed by atoms with Crippen LogP contribution in [0.15, 0.2) is 34.9 Å². The van der Waals surface area contributed by atoms with Crippen molar-refractivity contribution in [1.29, 1.82) is 0 Å². The van der Waals surface area contributed by atoms with Gasteiger partial charge in [0.05, 0.1) is 13.2 Å². The molecule has 5 nitrogen and oxygen atoms in total. The SMILES string of the molecule is CC1Cc2c(oc3ncccc23)C(c2c(F)cc(OCCN3CC(CF)C3)cc2F)N1CC(C)(F)F. The molecule has 4 heterocycles. The molecule has 0 aliphatic carbocycles. The fourth-order valence-corrected chi connectivity index (χ4v) is 5.27. The summed E-state index contributed by atoms with van der Waals surface area (Å²) in [5, 5.41) is 0.703. The van der Waals surface area contributed by atoms with Gasteiger partial charge in [-0.1, -0.05) is 0 Å². The molecule has 0 saturated carbocycles. The molecular formula is C26H28F5N3O2. The van der Waals surface area contributed by atoms with Crippen LogP contribution in [0.2, 0.25) is 0 Å². The van der Waals surface area contributed by atoms with E-state index in [2.05, 4.69) is 4.98 Å². The van der Waals surface area contributed by atoms with Crippen LogP contribution in [0, 0.1) is 17.6 Å². The fourth-order valence-electron chi connectivity index (χ4n) is 5.27. The van der Waals surface area contributed by atoms with Crippen molar-refractivity contribution in [3.63, 3.8) is 0 Å². The number of fused-ring (bicyclic) bond motifs is 3. The van der Waals surface area contributed by atoms with E-state index in [1.165, 1.54) is 4.90 Å². The molecular weight excluding hydrogens is 481 g/mol. The lowest BCUT2D eigenvalue weighted by molar-refractivity contribution is -0.0396. The second-order valence-corrected chi connectivity index (χ2v) is 9.93. The van der Waals surface area contributed by atoms with Crippen molar-refractivity contribution in [2.24, 2.45) is 5.92 Å². The van der Waals surface area contributed by atoms with Crippen molar-refractivity contribution < 1.29 is 31.1 Å². The molecule has 36 heavy (non-hydrogen) atoms. The summed E-state index contributed by atoms with van der Waals surface area (Å²) in [6, 6.07) is 4.04. The van der Waals surface area contributed by atoms with E-state index in [1.54, 1.807) is 25.3 Å². The lowest BCUT2D eigenvalue weighted by atomic mass is 9.88. The number of furan rings is 1. The number of nitrogens with zero attached hydrogens (tertiary/aromatic N) is 3. The molecule has 1 fully saturated rings. The minimum atomic E-state index is -3.09. The van der Waals surface area contributed by atoms with Crippen molar-refractivity contribution in [2.45, 2.75) is 38.3 Å². The molecule has 2 aliphatic rings. The van der Waals surface area contributed by atoms with E-state index in [0.29, 0.717) is 42.7 Å². The number of likely N-dealkylation sites (tertiary alicyclic amines) is 1. The molecule has 0 spiro atoms. The third-order valence-electron chi connectivity index (χ3n) is 6.96. The highest BCUT2D eigenvalue weighted by molar-refractivity contribution is 5.79. The number of aromatic nitrogens is 1. The number of ether oxygens (including phenoxy) is 1. The number of hydrogen-bond acceptors (Lipinski definition) is 5. The summed E-state index contributed by atoms with van der Waals surface area (Å²) in [6.45, 7) is 3.44. The number of rotatable bonds is 8. The number of pyridine rings is 1. The fraction of sp³-hybridized carbons (Fsp3) is 0.500. The quantitative estimate of drug-likeness (QED) is 0.382. The van der Waals surface area contributed by atoms with E-state index in [-0.39, 0.29) is 36.3 Å². The third-order valence-corrected chi connectivity index (χ3v) is 6.96. The first-order valence-electron chi connectivity index (χ1n) is 12.0. The molecule has 0 amide bonds. The van der Waals surface area contributed by atoms with E-state index >= 15 is 8.78 Å². The van der Waals surface area contributed by atoms with Gasteiger partial charge in [0.1, 0.15) is 35.8 Å². The summed E-state index contributed by atoms with van der Waals surface area (Å²) in [5.41, 5.74) is 0.644. The Labute approximate surface area is 205 Å². The van der Waals surface area contributed by atoms with Gasteiger partial charge in [-0.2, -0.15) is 0 Å². The Morgan fingerprint density at radius 2 is 1.92 bits per heavy atom. The predicted molar refractivity (Wildman–Crippen MR) is 124 cm³/mol. The molecule has 2 atom stereocenters. The molecule has 2 aliphatic heterocycles. The zero-order valence-corrected chi connectivity index (χ0v) is 20.1. The molecule has 3 aromatic rings. The molecule has 1 saturated heterocycles. The van der Waals surface area contributed by atoms with Crippen molar-refractivity contribution in [2.75, 3.05) is 39.5 Å². The lowest BCUT2D eigenvalue weighted by Gasteiger charge is -2.41. The van der Waals surface area contributed by atoms with Gasteiger partial charge in [-0.3, -0.25) is 14.2 Å². The van der Waals surface area contributed by atoms with Crippen molar-refractivity contribution in [3.8, 4) is 5.75 Å². The summed E-state index contributed by atoms with van der Waals surface area (Å²) >= 11 is 0. The van der Waals surface area contributed by atoms with Gasteiger partial charge in [0, 0.05) is 73.4 Å². The lowest BCUT2D eigenvalue weighted by Crippen LogP contribution is -2.49. The number of benzene rings is 1. The van der Waals surface area contributed by atoms with Gasteiger partial charge in [-0.05, 0) is 25.5 Å². The second-order valence-electron chi connectivity index (χ2n) is 9.93. The van der Waals surface area contributed by atoms with Gasteiger partial charge in [0.25, 0.3) is 5.92 Å². The number of hydrogen-bond donors (Lipinski definition) is 0. The molecule has 0 bridgehead atoms. The van der Waals surface area contributed by atoms with E-state index in [0.717, 1.165) is 19.1 Å². The minimum absolute atomic E-state index is 0.000888. The molecule has 0 N–H and O–H groups in total. The molecule has 2 unspecified atom stereocenters. The maximum absolute atomic E-state index is 15.5. The van der Waals surface area contributed by atoms with Gasteiger partial charge in [-0.15, -0.1) is 0 Å². The average molecular weight is 510 g/mol. The highest BCUT2D eigenvalue weighted by Crippen LogP contribution is 2.45. The minimum Gasteiger partial charge on any atom is -0.492 e. The molecule has 2 aromatic heterocycles. The monoisotopic (exact) mass is 509 g/mol. The largest absolute Gasteiger partial charge is 0.492 e. The normalized spacial score (nSPS) is 21.5. The van der Waals surface area contributed by atoms with Gasteiger partial charge >= 0.3 is 0 Å². The van der Waals surface area contributed by atoms with Gasteiger partial charge in [0.2, 0.25) is 5.71 Å². The highest BCUT2D eigenvalue weighted by Gasteiger charge is 2.43. The van der Waals surface area contributed by atoms with E-state index < -0.39 is 36.2 Å². The molecule has 1 aromatic carbocycles. The van der Waals surface area contributed by atoms with E-state index in [4.69, 9.17) is 9.15 Å². The van der Waals surface area contributed by atoms with E-state index in [1.807, 2.05) is 4.90 Å². The van der Waals surface area contributed by atoms with E-state index in [9.17, 15) is 13.2 Å². The van der Waals surface area contributed by atoms with Crippen molar-refractivity contribution in [3.05, 3.63) is 59.0 Å². The summed E-state index contributed by atoms with van der Waals surface area (Å²) in [7, 11) is 0. The van der Waals surface area contributed by atoms with Crippen molar-refractivity contribution in [1.82, 2.24) is 14.8 Å². The zero-order valence-electron chi connectivity index (χ0n) is 20.1. The van der Waals surface area contributed by atoms with Gasteiger partial charge < -0.3 is 9.15 Å². The van der Waals surface area contributed by atoms with Crippen LogP contribution < -0.4 is 4.74 Å². The topological polar surface area (TPSA) is 41.7 Å². The Balaban J connectivity index is 1.47. The standard InChI is InChI=1S/C26H28F5N3O2/c1-15-8-19-18-4-3-5-32-25(18)36-24(19)23(34(15)14-26(2,30)31)22-20(28)9-17(10-21(22)29)35-7-6-33-12-16(11-27)13-33/h3-5,9-10,15-16,23H,6-8,11-14H2,1-2H3. The van der Waals surface area contributed by atoms with Crippen LogP contribution in [0.1, 0.15) is 36.8 Å². The van der Waals surface area contributed by atoms with Crippen LogP contribution in [-0.4, -0.2) is 66.2 Å². The third kappa shape index (κ3) is 4.80. The Bertz CT molecular complexity index is 1220. The molecule has 194 valence electrons. The summed E-state index contributed by atoms with van der Waals surface area (Å²) in [4.78, 5) is 7.58. The molecule has 5 rings (SSSR count). The Morgan fingerprint density at radius 3 is 2.58 bits per heavy atom. The summed E-state index contributed by atoms with van der Waals surface area (Å²) in [5.74, 6) is -4.66. The molecule has 0 radical (unpaired) electrons. The first-order chi connectivity index (χ1) is 17.1. The van der Waals surface area contributed by atoms with Crippen LogP contribution >= 0.6 is 0 Å². The predicted octanol–water partition coefficient (Wildman–Crippen LogP) is 5.38. The Kier molecular flexibility index (Phi) is 6.67. The maximum atomic E-state index is 15.5. The number of halogens is 5. The van der Waals surface area contributed by atoms with Crippen LogP contribution in [0.25, 0.3) is 11.1 Å². The van der Waals surface area contributed by atoms with Crippen LogP contribution in [-0.2, 0) is 6.42 Å². The molecule has 10 heteroatoms. The van der Waals surface area contributed by atoms with Gasteiger partial charge in [-0.25, -0.2) is 22.5 Å². The van der Waals surface area contributed by atoms with Gasteiger partial charge in [0.15, 0.2) is 0 Å². The second kappa shape index (κ2) is 9.63. The Hall–Kier alpha value is -2.72.